The van der Waals surface area contributed by atoms with Crippen molar-refractivity contribution in [1.82, 2.24) is 4.90 Å². The second-order valence-corrected chi connectivity index (χ2v) is 4.74. The molecule has 0 saturated carbocycles. The number of piperidine rings is 1. The molecule has 78 valence electrons. The molecule has 0 aliphatic carbocycles. The van der Waals surface area contributed by atoms with Crippen LogP contribution in [0.4, 0.5) is 0 Å². The van der Waals surface area contributed by atoms with Crippen LogP contribution in [-0.4, -0.2) is 34.7 Å². The van der Waals surface area contributed by atoms with Crippen molar-refractivity contribution in [2.45, 2.75) is 44.2 Å². The number of fused-ring (bicyclic) bond motifs is 1. The van der Waals surface area contributed by atoms with Gasteiger partial charge in [0.15, 0.2) is 0 Å². The van der Waals surface area contributed by atoms with Crippen molar-refractivity contribution in [3.05, 3.63) is 0 Å². The molecule has 14 heavy (non-hydrogen) atoms. The minimum Gasteiger partial charge on any atom is -0.388 e. The van der Waals surface area contributed by atoms with E-state index in [0.29, 0.717) is 6.04 Å². The van der Waals surface area contributed by atoms with Gasteiger partial charge in [0.2, 0.25) is 0 Å². The predicted molar refractivity (Wildman–Crippen MR) is 53.6 cm³/mol. The second kappa shape index (κ2) is 3.52. The fourth-order valence-electron chi connectivity index (χ4n) is 2.78. The summed E-state index contributed by atoms with van der Waals surface area (Å²) in [6.07, 6.45) is 4.00. The molecule has 2 saturated heterocycles. The van der Waals surface area contributed by atoms with Gasteiger partial charge in [-0.25, -0.2) is 0 Å². The SMILES string of the molecule is CC(C#N)C1(O)CCN2CCCC2C1. The average Bonchev–Trinajstić information content (AvgIpc) is 2.63. The van der Waals surface area contributed by atoms with Crippen molar-refractivity contribution < 1.29 is 5.11 Å². The first-order valence-corrected chi connectivity index (χ1v) is 5.52. The van der Waals surface area contributed by atoms with E-state index in [2.05, 4.69) is 11.0 Å². The summed E-state index contributed by atoms with van der Waals surface area (Å²) in [6, 6.07) is 2.72. The van der Waals surface area contributed by atoms with Gasteiger partial charge in [0, 0.05) is 12.6 Å². The summed E-state index contributed by atoms with van der Waals surface area (Å²) in [6.45, 7) is 3.99. The number of nitriles is 1. The topological polar surface area (TPSA) is 47.3 Å². The van der Waals surface area contributed by atoms with Crippen molar-refractivity contribution in [3.8, 4) is 6.07 Å². The van der Waals surface area contributed by atoms with Gasteiger partial charge < -0.3 is 10.0 Å². The lowest BCUT2D eigenvalue weighted by atomic mass is 9.78. The lowest BCUT2D eigenvalue weighted by molar-refractivity contribution is -0.0593. The molecule has 1 N–H and O–H groups in total. The third-order valence-electron chi connectivity index (χ3n) is 3.92. The van der Waals surface area contributed by atoms with Crippen LogP contribution in [0.15, 0.2) is 0 Å². The van der Waals surface area contributed by atoms with E-state index in [1.807, 2.05) is 6.92 Å². The Morgan fingerprint density at radius 3 is 3.07 bits per heavy atom. The van der Waals surface area contributed by atoms with Crippen molar-refractivity contribution in [2.24, 2.45) is 5.92 Å². The zero-order valence-electron chi connectivity index (χ0n) is 8.74. The maximum absolute atomic E-state index is 10.3. The summed E-state index contributed by atoms with van der Waals surface area (Å²) in [4.78, 5) is 2.46. The maximum Gasteiger partial charge on any atom is 0.0829 e. The summed E-state index contributed by atoms with van der Waals surface area (Å²) in [5.74, 6) is -0.231. The predicted octanol–water partition coefficient (Wildman–Crippen LogP) is 1.14. The third-order valence-corrected chi connectivity index (χ3v) is 3.92. The van der Waals surface area contributed by atoms with E-state index >= 15 is 0 Å². The van der Waals surface area contributed by atoms with Gasteiger partial charge in [-0.05, 0) is 39.2 Å². The molecule has 2 aliphatic rings. The Hall–Kier alpha value is -0.590. The zero-order valence-corrected chi connectivity index (χ0v) is 8.74. The molecule has 0 aromatic heterocycles. The van der Waals surface area contributed by atoms with Crippen molar-refractivity contribution in [2.75, 3.05) is 13.1 Å². The fraction of sp³-hybridized carbons (Fsp3) is 0.909. The number of hydrogen-bond acceptors (Lipinski definition) is 3. The standard InChI is InChI=1S/C11H18N2O/c1-9(8-12)11(14)4-6-13-5-2-3-10(13)7-11/h9-10,14H,2-7H2,1H3. The van der Waals surface area contributed by atoms with E-state index in [9.17, 15) is 5.11 Å². The molecule has 2 aliphatic heterocycles. The summed E-state index contributed by atoms with van der Waals surface area (Å²) < 4.78 is 0. The van der Waals surface area contributed by atoms with E-state index in [4.69, 9.17) is 5.26 Å². The molecule has 3 heteroatoms. The van der Waals surface area contributed by atoms with Crippen molar-refractivity contribution >= 4 is 0 Å². The van der Waals surface area contributed by atoms with Gasteiger partial charge in [0.05, 0.1) is 17.6 Å². The lowest BCUT2D eigenvalue weighted by Crippen LogP contribution is -2.50. The summed E-state index contributed by atoms with van der Waals surface area (Å²) in [7, 11) is 0. The van der Waals surface area contributed by atoms with Gasteiger partial charge in [-0.1, -0.05) is 0 Å². The Morgan fingerprint density at radius 1 is 1.57 bits per heavy atom. The number of rotatable bonds is 1. The highest BCUT2D eigenvalue weighted by Crippen LogP contribution is 2.36. The summed E-state index contributed by atoms with van der Waals surface area (Å²) in [5, 5.41) is 19.2. The molecule has 3 nitrogen and oxygen atoms in total. The highest BCUT2D eigenvalue weighted by molar-refractivity contribution is 5.03. The molecule has 0 amide bonds. The first kappa shape index (κ1) is 9.95. The lowest BCUT2D eigenvalue weighted by Gasteiger charge is -2.42. The summed E-state index contributed by atoms with van der Waals surface area (Å²) in [5.41, 5.74) is -0.722. The highest BCUT2D eigenvalue weighted by atomic mass is 16.3. The second-order valence-electron chi connectivity index (χ2n) is 4.74. The average molecular weight is 194 g/mol. The van der Waals surface area contributed by atoms with E-state index < -0.39 is 5.60 Å². The van der Waals surface area contributed by atoms with E-state index in [0.717, 1.165) is 19.4 Å². The smallest absolute Gasteiger partial charge is 0.0829 e. The molecular formula is C11H18N2O. The highest BCUT2D eigenvalue weighted by Gasteiger charge is 2.43. The van der Waals surface area contributed by atoms with Crippen LogP contribution in [0, 0.1) is 17.2 Å². The van der Waals surface area contributed by atoms with Crippen LogP contribution in [0.25, 0.3) is 0 Å². The van der Waals surface area contributed by atoms with Crippen LogP contribution < -0.4 is 0 Å². The zero-order chi connectivity index (χ0) is 10.2. The van der Waals surface area contributed by atoms with E-state index in [-0.39, 0.29) is 5.92 Å². The number of hydrogen-bond donors (Lipinski definition) is 1. The molecule has 0 aromatic carbocycles. The molecular weight excluding hydrogens is 176 g/mol. The Bertz CT molecular complexity index is 261. The molecule has 3 atom stereocenters. The molecule has 0 aromatic rings. The fourth-order valence-corrected chi connectivity index (χ4v) is 2.78. The number of aliphatic hydroxyl groups is 1. The van der Waals surface area contributed by atoms with Gasteiger partial charge in [-0.2, -0.15) is 5.26 Å². The maximum atomic E-state index is 10.3. The van der Waals surface area contributed by atoms with Gasteiger partial charge in [0.25, 0.3) is 0 Å². The number of nitrogens with zero attached hydrogens (tertiary/aromatic N) is 2. The van der Waals surface area contributed by atoms with Crippen molar-refractivity contribution in [1.29, 1.82) is 5.26 Å². The monoisotopic (exact) mass is 194 g/mol. The largest absolute Gasteiger partial charge is 0.388 e. The molecule has 0 bridgehead atoms. The van der Waals surface area contributed by atoms with Gasteiger partial charge in [0.1, 0.15) is 0 Å². The van der Waals surface area contributed by atoms with Gasteiger partial charge in [-0.15, -0.1) is 0 Å². The third kappa shape index (κ3) is 1.53. The van der Waals surface area contributed by atoms with Crippen LogP contribution in [-0.2, 0) is 0 Å². The Morgan fingerprint density at radius 2 is 2.36 bits per heavy atom. The Balaban J connectivity index is 2.06. The Labute approximate surface area is 85.3 Å². The van der Waals surface area contributed by atoms with Crippen LogP contribution in [0.5, 0.6) is 0 Å². The summed E-state index contributed by atoms with van der Waals surface area (Å²) >= 11 is 0. The Kier molecular flexibility index (Phi) is 2.50. The first-order valence-electron chi connectivity index (χ1n) is 5.52. The minimum atomic E-state index is -0.722. The normalized spacial score (nSPS) is 40.2. The van der Waals surface area contributed by atoms with Gasteiger partial charge in [-0.3, -0.25) is 0 Å². The molecule has 2 rings (SSSR count). The molecule has 2 fully saturated rings. The molecule has 0 radical (unpaired) electrons. The van der Waals surface area contributed by atoms with Crippen LogP contribution >= 0.6 is 0 Å². The first-order chi connectivity index (χ1) is 6.65. The molecule has 3 unspecified atom stereocenters. The quantitative estimate of drug-likeness (QED) is 0.681. The van der Waals surface area contributed by atoms with Crippen molar-refractivity contribution in [3.63, 3.8) is 0 Å². The van der Waals surface area contributed by atoms with Crippen LogP contribution in [0.3, 0.4) is 0 Å². The molecule has 2 heterocycles. The van der Waals surface area contributed by atoms with Gasteiger partial charge >= 0.3 is 0 Å². The minimum absolute atomic E-state index is 0.231. The van der Waals surface area contributed by atoms with Crippen LogP contribution in [0.2, 0.25) is 0 Å². The van der Waals surface area contributed by atoms with E-state index in [1.54, 1.807) is 0 Å². The molecule has 0 spiro atoms. The van der Waals surface area contributed by atoms with Crippen LogP contribution in [0.1, 0.15) is 32.6 Å². The van der Waals surface area contributed by atoms with E-state index in [1.165, 1.54) is 19.4 Å².